The van der Waals surface area contributed by atoms with E-state index < -0.39 is 44.1 Å². The molecule has 0 amide bonds. The van der Waals surface area contributed by atoms with Crippen molar-refractivity contribution in [3.05, 3.63) is 53.9 Å². The summed E-state index contributed by atoms with van der Waals surface area (Å²) in [5, 5.41) is 34.1. The number of nitro groups is 3. The molecule has 0 aromatic heterocycles. The monoisotopic (exact) mass is 387 g/mol. The SMILES string of the molecule is CC[N+](CC)(CC)CC1COC2(O1)C([N+](=O)[O-])=CC([N+](=O)[O-])C=C2[N+](=O)[O-]. The number of rotatable bonds is 8. The van der Waals surface area contributed by atoms with E-state index >= 15 is 0 Å². The van der Waals surface area contributed by atoms with Crippen molar-refractivity contribution in [3.8, 4) is 0 Å². The molecule has 12 nitrogen and oxygen atoms in total. The average Bonchev–Trinajstić information content (AvgIpc) is 3.02. The maximum atomic E-state index is 11.5. The second-order valence-electron chi connectivity index (χ2n) is 6.53. The minimum atomic E-state index is -2.34. The maximum Gasteiger partial charge on any atom is 0.356 e. The van der Waals surface area contributed by atoms with Crippen molar-refractivity contribution >= 4 is 0 Å². The van der Waals surface area contributed by atoms with Gasteiger partial charge < -0.3 is 14.0 Å². The highest BCUT2D eigenvalue weighted by Crippen LogP contribution is 2.41. The molecule has 0 aromatic carbocycles. The van der Waals surface area contributed by atoms with Crippen LogP contribution >= 0.6 is 0 Å². The molecule has 2 rings (SSSR count). The highest BCUT2D eigenvalue weighted by atomic mass is 16.8. The van der Waals surface area contributed by atoms with Gasteiger partial charge in [-0.3, -0.25) is 30.3 Å². The van der Waals surface area contributed by atoms with E-state index in [9.17, 15) is 30.3 Å². The number of likely N-dealkylation sites (N-methyl/N-ethyl adjacent to an activating group) is 1. The van der Waals surface area contributed by atoms with Crippen molar-refractivity contribution in [1.29, 1.82) is 0 Å². The fourth-order valence-electron chi connectivity index (χ4n) is 3.57. The molecule has 1 spiro atoms. The van der Waals surface area contributed by atoms with Crippen LogP contribution in [0.25, 0.3) is 0 Å². The Morgan fingerprint density at radius 2 is 1.52 bits per heavy atom. The smallest absolute Gasteiger partial charge is 0.330 e. The predicted molar refractivity (Wildman–Crippen MR) is 91.2 cm³/mol. The van der Waals surface area contributed by atoms with Crippen molar-refractivity contribution in [3.63, 3.8) is 0 Å². The number of hydrogen-bond donors (Lipinski definition) is 0. The van der Waals surface area contributed by atoms with Gasteiger partial charge in [0.2, 0.25) is 0 Å². The first-order valence-corrected chi connectivity index (χ1v) is 8.68. The molecule has 1 saturated heterocycles. The second kappa shape index (κ2) is 7.66. The summed E-state index contributed by atoms with van der Waals surface area (Å²) >= 11 is 0. The molecule has 0 aromatic rings. The lowest BCUT2D eigenvalue weighted by Gasteiger charge is -2.37. The van der Waals surface area contributed by atoms with Crippen LogP contribution in [0.4, 0.5) is 0 Å². The first kappa shape index (κ1) is 20.9. The molecule has 0 saturated carbocycles. The summed E-state index contributed by atoms with van der Waals surface area (Å²) in [7, 11) is 0. The minimum absolute atomic E-state index is 0.0838. The molecule has 1 heterocycles. The number of nitrogens with zero attached hydrogens (tertiary/aromatic N) is 4. The summed E-state index contributed by atoms with van der Waals surface area (Å²) < 4.78 is 11.9. The molecule has 1 atom stereocenters. The van der Waals surface area contributed by atoms with Crippen molar-refractivity contribution in [2.24, 2.45) is 0 Å². The Balaban J connectivity index is 2.42. The van der Waals surface area contributed by atoms with Crippen LogP contribution in [0.2, 0.25) is 0 Å². The normalized spacial score (nSPS) is 28.0. The van der Waals surface area contributed by atoms with Crippen LogP contribution in [0.5, 0.6) is 0 Å². The molecule has 1 aliphatic heterocycles. The highest BCUT2D eigenvalue weighted by Gasteiger charge is 2.64. The van der Waals surface area contributed by atoms with Gasteiger partial charge in [0.1, 0.15) is 12.6 Å². The van der Waals surface area contributed by atoms with Crippen molar-refractivity contribution in [2.75, 3.05) is 32.8 Å². The maximum absolute atomic E-state index is 11.5. The van der Waals surface area contributed by atoms with Gasteiger partial charge in [-0.15, -0.1) is 0 Å². The third-order valence-electron chi connectivity index (χ3n) is 5.38. The molecule has 1 fully saturated rings. The van der Waals surface area contributed by atoms with E-state index in [0.29, 0.717) is 11.0 Å². The van der Waals surface area contributed by atoms with E-state index in [4.69, 9.17) is 9.47 Å². The van der Waals surface area contributed by atoms with Crippen LogP contribution in [-0.2, 0) is 9.47 Å². The topological polar surface area (TPSA) is 148 Å². The lowest BCUT2D eigenvalue weighted by molar-refractivity contribution is -0.925. The summed E-state index contributed by atoms with van der Waals surface area (Å²) in [4.78, 5) is 31.4. The van der Waals surface area contributed by atoms with Crippen LogP contribution in [0, 0.1) is 30.3 Å². The second-order valence-corrected chi connectivity index (χ2v) is 6.53. The van der Waals surface area contributed by atoms with Gasteiger partial charge in [-0.05, 0) is 20.8 Å². The Morgan fingerprint density at radius 3 is 1.89 bits per heavy atom. The summed E-state index contributed by atoms with van der Waals surface area (Å²) in [5.41, 5.74) is -1.66. The first-order chi connectivity index (χ1) is 12.6. The lowest BCUT2D eigenvalue weighted by atomic mass is 9.99. The number of ether oxygens (including phenoxy) is 2. The van der Waals surface area contributed by atoms with Crippen LogP contribution in [0.1, 0.15) is 20.8 Å². The summed E-state index contributed by atoms with van der Waals surface area (Å²) in [6.07, 6.45) is 0.845. The largest absolute Gasteiger partial charge is 0.356 e. The molecule has 2 aliphatic rings. The van der Waals surface area contributed by atoms with Crippen molar-refractivity contribution in [1.82, 2.24) is 0 Å². The van der Waals surface area contributed by atoms with Crippen LogP contribution in [0.15, 0.2) is 23.5 Å². The number of quaternary nitrogens is 1. The molecule has 0 bridgehead atoms. The standard InChI is InChI=1S/C15H23N4O8/c1-4-19(5-2,6-3)9-12-10-26-15(27-12)13(17(22)23)7-11(16(20)21)8-14(15)18(24)25/h7-8,11-12H,4-6,9-10H2,1-3H3/q+1. The van der Waals surface area contributed by atoms with E-state index in [1.807, 2.05) is 20.8 Å². The van der Waals surface area contributed by atoms with Gasteiger partial charge in [0.15, 0.2) is 0 Å². The third-order valence-corrected chi connectivity index (χ3v) is 5.38. The minimum Gasteiger partial charge on any atom is -0.330 e. The number of hydrogen-bond acceptors (Lipinski definition) is 8. The van der Waals surface area contributed by atoms with E-state index in [1.54, 1.807) is 0 Å². The molecule has 12 heteroatoms. The zero-order valence-corrected chi connectivity index (χ0v) is 15.4. The molecular weight excluding hydrogens is 364 g/mol. The first-order valence-electron chi connectivity index (χ1n) is 8.68. The quantitative estimate of drug-likeness (QED) is 0.340. The Morgan fingerprint density at radius 1 is 1.04 bits per heavy atom. The van der Waals surface area contributed by atoms with Gasteiger partial charge in [0.25, 0.3) is 6.04 Å². The summed E-state index contributed by atoms with van der Waals surface area (Å²) in [6, 6.07) is -1.69. The molecule has 1 aliphatic carbocycles. The van der Waals surface area contributed by atoms with E-state index in [-0.39, 0.29) is 6.61 Å². The molecular formula is C15H23N4O8+. The van der Waals surface area contributed by atoms with E-state index in [2.05, 4.69) is 0 Å². The Kier molecular flexibility index (Phi) is 5.92. The van der Waals surface area contributed by atoms with E-state index in [1.165, 1.54) is 0 Å². The molecule has 0 N–H and O–H groups in total. The summed E-state index contributed by atoms with van der Waals surface area (Å²) in [6.45, 7) is 8.76. The lowest BCUT2D eigenvalue weighted by Crippen LogP contribution is -2.53. The average molecular weight is 387 g/mol. The molecule has 150 valence electrons. The Labute approximate surface area is 155 Å². The fraction of sp³-hybridized carbons (Fsp3) is 0.733. The van der Waals surface area contributed by atoms with Gasteiger partial charge in [-0.1, -0.05) is 0 Å². The van der Waals surface area contributed by atoms with Gasteiger partial charge in [-0.25, -0.2) is 0 Å². The Hall–Kier alpha value is -2.44. The van der Waals surface area contributed by atoms with Crippen molar-refractivity contribution < 1.29 is 28.7 Å². The molecule has 27 heavy (non-hydrogen) atoms. The predicted octanol–water partition coefficient (Wildman–Crippen LogP) is 0.955. The molecule has 0 radical (unpaired) electrons. The highest BCUT2D eigenvalue weighted by molar-refractivity contribution is 5.30. The van der Waals surface area contributed by atoms with Gasteiger partial charge in [0.05, 0.1) is 48.2 Å². The zero-order valence-electron chi connectivity index (χ0n) is 15.4. The van der Waals surface area contributed by atoms with E-state index in [0.717, 1.165) is 31.8 Å². The van der Waals surface area contributed by atoms with Gasteiger partial charge in [-0.2, -0.15) is 0 Å². The van der Waals surface area contributed by atoms with Crippen LogP contribution in [0.3, 0.4) is 0 Å². The third kappa shape index (κ3) is 3.68. The summed E-state index contributed by atoms with van der Waals surface area (Å²) in [5.74, 6) is -2.34. The molecule has 1 unspecified atom stereocenters. The van der Waals surface area contributed by atoms with Crippen LogP contribution < -0.4 is 0 Å². The van der Waals surface area contributed by atoms with Gasteiger partial charge >= 0.3 is 17.2 Å². The Bertz CT molecular complexity index is 660. The van der Waals surface area contributed by atoms with Gasteiger partial charge in [0, 0.05) is 4.92 Å². The fourth-order valence-corrected chi connectivity index (χ4v) is 3.57. The van der Waals surface area contributed by atoms with Crippen LogP contribution in [-0.4, -0.2) is 70.0 Å². The zero-order chi connectivity index (χ0) is 20.4. The van der Waals surface area contributed by atoms with Crippen molar-refractivity contribution in [2.45, 2.75) is 38.7 Å².